The topological polar surface area (TPSA) is 92.0 Å². The van der Waals surface area contributed by atoms with Gasteiger partial charge < -0.3 is 5.73 Å². The molecule has 0 aliphatic rings. The van der Waals surface area contributed by atoms with Gasteiger partial charge in [-0.05, 0) is 6.42 Å². The van der Waals surface area contributed by atoms with Crippen LogP contribution in [0, 0.1) is 0 Å². The van der Waals surface area contributed by atoms with Gasteiger partial charge in [0.15, 0.2) is 0 Å². The SMILES string of the molecule is CCC(Cn1cc(CN)nn1)ON.Cl.Cl. The van der Waals surface area contributed by atoms with Crippen LogP contribution in [0.25, 0.3) is 0 Å². The number of hydrogen-bond donors (Lipinski definition) is 2. The molecule has 1 aromatic heterocycles. The summed E-state index contributed by atoms with van der Waals surface area (Å²) < 4.78 is 1.68. The van der Waals surface area contributed by atoms with Crippen molar-refractivity contribution in [3.63, 3.8) is 0 Å². The number of aromatic nitrogens is 3. The standard InChI is InChI=1S/C7H15N5O.2ClH/c1-2-7(13-9)5-12-4-6(3-8)10-11-12;;/h4,7H,2-3,5,8-9H2,1H3;2*1H. The largest absolute Gasteiger partial charge is 0.325 e. The second-order valence-electron chi connectivity index (χ2n) is 2.80. The Morgan fingerprint density at radius 3 is 2.60 bits per heavy atom. The molecule has 0 fully saturated rings. The Labute approximate surface area is 101 Å². The van der Waals surface area contributed by atoms with Gasteiger partial charge in [0.1, 0.15) is 0 Å². The van der Waals surface area contributed by atoms with Crippen LogP contribution in [-0.2, 0) is 17.9 Å². The van der Waals surface area contributed by atoms with Crippen molar-refractivity contribution in [2.75, 3.05) is 0 Å². The summed E-state index contributed by atoms with van der Waals surface area (Å²) in [6, 6.07) is 0. The van der Waals surface area contributed by atoms with Crippen LogP contribution >= 0.6 is 24.8 Å². The molecule has 1 atom stereocenters. The quantitative estimate of drug-likeness (QED) is 0.738. The summed E-state index contributed by atoms with van der Waals surface area (Å²) in [6.45, 7) is 3.01. The second-order valence-corrected chi connectivity index (χ2v) is 2.80. The molecule has 0 spiro atoms. The molecule has 1 heterocycles. The monoisotopic (exact) mass is 257 g/mol. The fraction of sp³-hybridized carbons (Fsp3) is 0.714. The molecule has 0 aliphatic heterocycles. The maximum Gasteiger partial charge on any atom is 0.0980 e. The molecule has 0 amide bonds. The minimum absolute atomic E-state index is 0. The van der Waals surface area contributed by atoms with Gasteiger partial charge in [0.05, 0.1) is 18.3 Å². The van der Waals surface area contributed by atoms with Gasteiger partial charge in [0.2, 0.25) is 0 Å². The van der Waals surface area contributed by atoms with Crippen molar-refractivity contribution in [3.05, 3.63) is 11.9 Å². The third-order valence-corrected chi connectivity index (χ3v) is 1.83. The molecule has 8 heteroatoms. The van der Waals surface area contributed by atoms with Crippen LogP contribution in [0.15, 0.2) is 6.20 Å². The van der Waals surface area contributed by atoms with Crippen molar-refractivity contribution in [2.24, 2.45) is 11.6 Å². The smallest absolute Gasteiger partial charge is 0.0980 e. The molecule has 0 saturated carbocycles. The minimum atomic E-state index is -0.0210. The summed E-state index contributed by atoms with van der Waals surface area (Å²) in [5, 5.41) is 7.72. The lowest BCUT2D eigenvalue weighted by molar-refractivity contribution is 0.0359. The summed E-state index contributed by atoms with van der Waals surface area (Å²) in [6.07, 6.45) is 2.61. The number of rotatable bonds is 5. The van der Waals surface area contributed by atoms with Gasteiger partial charge in [-0.25, -0.2) is 10.6 Å². The van der Waals surface area contributed by atoms with Gasteiger partial charge in [-0.2, -0.15) is 0 Å². The zero-order valence-corrected chi connectivity index (χ0v) is 10.1. The maximum atomic E-state index is 5.39. The number of halogens is 2. The third kappa shape index (κ3) is 5.29. The summed E-state index contributed by atoms with van der Waals surface area (Å²) in [7, 11) is 0. The first-order chi connectivity index (χ1) is 6.30. The predicted octanol–water partition coefficient (Wildman–Crippen LogP) is 0.249. The highest BCUT2D eigenvalue weighted by molar-refractivity contribution is 5.85. The van der Waals surface area contributed by atoms with E-state index in [9.17, 15) is 0 Å². The summed E-state index contributed by atoms with van der Waals surface area (Å²) in [5.74, 6) is 5.08. The highest BCUT2D eigenvalue weighted by atomic mass is 35.5. The van der Waals surface area contributed by atoms with Crippen molar-refractivity contribution in [1.82, 2.24) is 15.0 Å². The van der Waals surface area contributed by atoms with Crippen LogP contribution in [0.3, 0.4) is 0 Å². The van der Waals surface area contributed by atoms with E-state index < -0.39 is 0 Å². The average Bonchev–Trinajstić information content (AvgIpc) is 2.61. The molecule has 0 bridgehead atoms. The van der Waals surface area contributed by atoms with Crippen LogP contribution in [0.5, 0.6) is 0 Å². The lowest BCUT2D eigenvalue weighted by Crippen LogP contribution is -2.22. The van der Waals surface area contributed by atoms with Crippen LogP contribution in [0.4, 0.5) is 0 Å². The van der Waals surface area contributed by atoms with Gasteiger partial charge in [-0.1, -0.05) is 12.1 Å². The van der Waals surface area contributed by atoms with Crippen molar-refractivity contribution in [3.8, 4) is 0 Å². The molecule has 1 rings (SSSR count). The molecule has 15 heavy (non-hydrogen) atoms. The van der Waals surface area contributed by atoms with Gasteiger partial charge in [-0.15, -0.1) is 29.9 Å². The van der Waals surface area contributed by atoms with Crippen molar-refractivity contribution >= 4 is 24.8 Å². The van der Waals surface area contributed by atoms with Gasteiger partial charge in [-0.3, -0.25) is 4.84 Å². The molecule has 0 radical (unpaired) electrons. The molecule has 0 saturated heterocycles. The number of nitrogens with zero attached hydrogens (tertiary/aromatic N) is 3. The van der Waals surface area contributed by atoms with E-state index in [0.29, 0.717) is 13.1 Å². The van der Waals surface area contributed by atoms with E-state index >= 15 is 0 Å². The molecule has 0 aliphatic carbocycles. The van der Waals surface area contributed by atoms with E-state index in [1.54, 1.807) is 10.9 Å². The normalized spacial score (nSPS) is 11.4. The summed E-state index contributed by atoms with van der Waals surface area (Å²) in [5.41, 5.74) is 6.16. The van der Waals surface area contributed by atoms with E-state index in [-0.39, 0.29) is 30.9 Å². The van der Waals surface area contributed by atoms with Crippen molar-refractivity contribution in [2.45, 2.75) is 32.5 Å². The van der Waals surface area contributed by atoms with E-state index in [1.807, 2.05) is 6.92 Å². The van der Waals surface area contributed by atoms with Crippen LogP contribution in [0.2, 0.25) is 0 Å². The Morgan fingerprint density at radius 2 is 2.20 bits per heavy atom. The van der Waals surface area contributed by atoms with Crippen molar-refractivity contribution < 1.29 is 4.84 Å². The van der Waals surface area contributed by atoms with Crippen LogP contribution < -0.4 is 11.6 Å². The van der Waals surface area contributed by atoms with E-state index in [2.05, 4.69) is 10.3 Å². The molecular weight excluding hydrogens is 241 g/mol. The van der Waals surface area contributed by atoms with E-state index in [4.69, 9.17) is 16.5 Å². The fourth-order valence-corrected chi connectivity index (χ4v) is 0.998. The summed E-state index contributed by atoms with van der Waals surface area (Å²) in [4.78, 5) is 4.73. The Morgan fingerprint density at radius 1 is 1.53 bits per heavy atom. The Hall–Kier alpha value is -0.400. The van der Waals surface area contributed by atoms with E-state index in [0.717, 1.165) is 12.1 Å². The molecule has 0 aromatic carbocycles. The molecular formula is C7H17Cl2N5O. The maximum absolute atomic E-state index is 5.39. The van der Waals surface area contributed by atoms with Gasteiger partial charge in [0.25, 0.3) is 0 Å². The highest BCUT2D eigenvalue weighted by Crippen LogP contribution is 1.99. The predicted molar refractivity (Wildman–Crippen MR) is 61.8 cm³/mol. The lowest BCUT2D eigenvalue weighted by atomic mass is 10.3. The number of hydrogen-bond acceptors (Lipinski definition) is 5. The minimum Gasteiger partial charge on any atom is -0.325 e. The Kier molecular flexibility index (Phi) is 10.1. The van der Waals surface area contributed by atoms with E-state index in [1.165, 1.54) is 0 Å². The fourth-order valence-electron chi connectivity index (χ4n) is 0.998. The summed E-state index contributed by atoms with van der Waals surface area (Å²) >= 11 is 0. The first-order valence-electron chi connectivity index (χ1n) is 4.24. The van der Waals surface area contributed by atoms with Crippen LogP contribution in [0.1, 0.15) is 19.0 Å². The Bertz CT molecular complexity index is 253. The van der Waals surface area contributed by atoms with Crippen molar-refractivity contribution in [1.29, 1.82) is 0 Å². The zero-order chi connectivity index (χ0) is 9.68. The lowest BCUT2D eigenvalue weighted by Gasteiger charge is -2.10. The molecule has 4 N–H and O–H groups in total. The third-order valence-electron chi connectivity index (χ3n) is 1.83. The Balaban J connectivity index is 0. The second kappa shape index (κ2) is 8.87. The highest BCUT2D eigenvalue weighted by Gasteiger charge is 2.07. The zero-order valence-electron chi connectivity index (χ0n) is 8.50. The molecule has 1 aromatic rings. The molecule has 6 nitrogen and oxygen atoms in total. The first kappa shape index (κ1) is 17.0. The average molecular weight is 258 g/mol. The first-order valence-corrected chi connectivity index (χ1v) is 4.24. The van der Waals surface area contributed by atoms with Crippen LogP contribution in [-0.4, -0.2) is 21.1 Å². The molecule has 90 valence electrons. The van der Waals surface area contributed by atoms with Gasteiger partial charge in [0, 0.05) is 12.7 Å². The van der Waals surface area contributed by atoms with Gasteiger partial charge >= 0.3 is 0 Å². The number of nitrogens with two attached hydrogens (primary N) is 2. The molecule has 1 unspecified atom stereocenters.